The predicted octanol–water partition coefficient (Wildman–Crippen LogP) is 2.27. The quantitative estimate of drug-likeness (QED) is 0.832. The first kappa shape index (κ1) is 11.4. The van der Waals surface area contributed by atoms with Gasteiger partial charge in [0.25, 0.3) is 0 Å². The third-order valence-corrected chi connectivity index (χ3v) is 4.43. The molecule has 2 heterocycles. The summed E-state index contributed by atoms with van der Waals surface area (Å²) >= 11 is 1.77. The highest BCUT2D eigenvalue weighted by atomic mass is 32.2. The summed E-state index contributed by atoms with van der Waals surface area (Å²) in [5.74, 6) is -0.293. The van der Waals surface area contributed by atoms with Gasteiger partial charge in [-0.3, -0.25) is 0 Å². The number of aryl methyl sites for hydroxylation is 1. The molecule has 0 saturated carbocycles. The number of thioether (sulfide) groups is 1. The number of nitrogens with zero attached hydrogens (tertiary/aromatic N) is 1. The monoisotopic (exact) mass is 240 g/mol. The number of aromatic carboxylic acids is 1. The lowest BCUT2D eigenvalue weighted by atomic mass is 10.1. The van der Waals surface area contributed by atoms with Crippen molar-refractivity contribution in [2.45, 2.75) is 24.0 Å². The summed E-state index contributed by atoms with van der Waals surface area (Å²) in [4.78, 5) is 12.1. The molecule has 1 aliphatic heterocycles. The van der Waals surface area contributed by atoms with Gasteiger partial charge in [0.15, 0.2) is 5.69 Å². The van der Waals surface area contributed by atoms with Gasteiger partial charge in [-0.1, -0.05) is 13.8 Å². The van der Waals surface area contributed by atoms with Crippen LogP contribution in [0.25, 0.3) is 0 Å². The molecule has 1 unspecified atom stereocenters. The zero-order valence-corrected chi connectivity index (χ0v) is 10.5. The highest BCUT2D eigenvalue weighted by Gasteiger charge is 2.28. The highest BCUT2D eigenvalue weighted by Crippen LogP contribution is 2.40. The van der Waals surface area contributed by atoms with Crippen molar-refractivity contribution in [3.05, 3.63) is 11.9 Å². The summed E-state index contributed by atoms with van der Waals surface area (Å²) in [7, 11) is 1.77. The second-order valence-corrected chi connectivity index (χ2v) is 5.70. The number of anilines is 1. The van der Waals surface area contributed by atoms with Crippen molar-refractivity contribution in [3.63, 3.8) is 0 Å². The topological polar surface area (TPSA) is 54.3 Å². The molecule has 0 radical (unpaired) electrons. The van der Waals surface area contributed by atoms with Crippen LogP contribution in [0.2, 0.25) is 0 Å². The van der Waals surface area contributed by atoms with E-state index in [0.717, 1.165) is 17.1 Å². The minimum Gasteiger partial charge on any atom is -0.477 e. The molecule has 1 aliphatic rings. The molecule has 0 bridgehead atoms. The van der Waals surface area contributed by atoms with Crippen LogP contribution in [0.15, 0.2) is 11.1 Å². The summed E-state index contributed by atoms with van der Waals surface area (Å²) < 4.78 is 1.68. The molecule has 0 aromatic carbocycles. The third kappa shape index (κ3) is 1.80. The van der Waals surface area contributed by atoms with Gasteiger partial charge in [-0.25, -0.2) is 4.79 Å². The number of hydrogen-bond donors (Lipinski definition) is 2. The number of carboxylic acid groups (broad SMARTS) is 1. The zero-order chi connectivity index (χ0) is 11.9. The van der Waals surface area contributed by atoms with Crippen LogP contribution < -0.4 is 5.32 Å². The number of fused-ring (bicyclic) bond motifs is 1. The molecule has 1 aromatic rings. The fourth-order valence-electron chi connectivity index (χ4n) is 1.90. The van der Waals surface area contributed by atoms with E-state index in [2.05, 4.69) is 19.2 Å². The van der Waals surface area contributed by atoms with Crippen LogP contribution in [0, 0.1) is 5.92 Å². The van der Waals surface area contributed by atoms with Gasteiger partial charge in [0, 0.05) is 29.9 Å². The van der Waals surface area contributed by atoms with Crippen LogP contribution in [-0.2, 0) is 7.05 Å². The maximum Gasteiger partial charge on any atom is 0.354 e. The first-order valence-electron chi connectivity index (χ1n) is 5.34. The Bertz CT molecular complexity index is 426. The minimum absolute atomic E-state index is 0.352. The van der Waals surface area contributed by atoms with E-state index in [1.807, 2.05) is 6.20 Å². The summed E-state index contributed by atoms with van der Waals surface area (Å²) in [5.41, 5.74) is 1.13. The molecule has 0 amide bonds. The average molecular weight is 240 g/mol. The zero-order valence-electron chi connectivity index (χ0n) is 9.65. The summed E-state index contributed by atoms with van der Waals surface area (Å²) in [6.45, 7) is 5.20. The van der Waals surface area contributed by atoms with Crippen LogP contribution in [-0.4, -0.2) is 27.4 Å². The van der Waals surface area contributed by atoms with Crippen molar-refractivity contribution >= 4 is 23.4 Å². The Hall–Kier alpha value is -1.10. The van der Waals surface area contributed by atoms with Gasteiger partial charge in [0.05, 0.1) is 5.69 Å². The van der Waals surface area contributed by atoms with E-state index >= 15 is 0 Å². The molecule has 0 fully saturated rings. The first-order valence-corrected chi connectivity index (χ1v) is 6.21. The lowest BCUT2D eigenvalue weighted by Crippen LogP contribution is -2.26. The molecule has 2 N–H and O–H groups in total. The second kappa shape index (κ2) is 4.05. The Morgan fingerprint density at radius 2 is 2.38 bits per heavy atom. The van der Waals surface area contributed by atoms with Crippen LogP contribution in [0.4, 0.5) is 5.69 Å². The number of hydrogen-bond acceptors (Lipinski definition) is 3. The Balaban J connectivity index is 2.35. The van der Waals surface area contributed by atoms with Gasteiger partial charge in [0.1, 0.15) is 0 Å². The number of rotatable bonds is 2. The average Bonchev–Trinajstić information content (AvgIpc) is 2.51. The van der Waals surface area contributed by atoms with E-state index < -0.39 is 5.97 Å². The number of carboxylic acids is 1. The lowest BCUT2D eigenvalue weighted by molar-refractivity contribution is 0.0687. The Labute approximate surface area is 99.0 Å². The largest absolute Gasteiger partial charge is 0.477 e. The Morgan fingerprint density at radius 3 is 2.94 bits per heavy atom. The minimum atomic E-state index is -0.875. The molecular formula is C11H16N2O2S. The molecular weight excluding hydrogens is 224 g/mol. The van der Waals surface area contributed by atoms with Crippen LogP contribution in [0.1, 0.15) is 24.3 Å². The Kier molecular flexibility index (Phi) is 2.88. The predicted molar refractivity (Wildman–Crippen MR) is 65.3 cm³/mol. The van der Waals surface area contributed by atoms with Gasteiger partial charge in [0.2, 0.25) is 0 Å². The van der Waals surface area contributed by atoms with Crippen molar-refractivity contribution in [3.8, 4) is 0 Å². The molecule has 1 aromatic heterocycles. The number of carbonyl (C=O) groups is 1. The number of aromatic nitrogens is 1. The summed E-state index contributed by atoms with van der Waals surface area (Å²) in [5, 5.41) is 12.9. The van der Waals surface area contributed by atoms with E-state index in [1.165, 1.54) is 0 Å². The molecule has 0 aliphatic carbocycles. The SMILES string of the molecule is CC(C)C1CNc2c(cn(C)c2C(=O)O)S1. The standard InChI is InChI=1S/C11H16N2O2S/c1-6(2)7-4-12-9-8(16-7)5-13(3)10(9)11(14)15/h5-7,12H,4H2,1-3H3,(H,14,15). The maximum absolute atomic E-state index is 11.1. The molecule has 16 heavy (non-hydrogen) atoms. The molecule has 0 saturated heterocycles. The molecule has 5 heteroatoms. The van der Waals surface area contributed by atoms with Crippen LogP contribution in [0.5, 0.6) is 0 Å². The van der Waals surface area contributed by atoms with Gasteiger partial charge in [-0.2, -0.15) is 0 Å². The number of nitrogens with one attached hydrogen (secondary N) is 1. The molecule has 4 nitrogen and oxygen atoms in total. The first-order chi connectivity index (χ1) is 7.50. The molecule has 0 spiro atoms. The Morgan fingerprint density at radius 1 is 1.69 bits per heavy atom. The summed E-state index contributed by atoms with van der Waals surface area (Å²) in [6, 6.07) is 0. The van der Waals surface area contributed by atoms with E-state index in [0.29, 0.717) is 16.9 Å². The van der Waals surface area contributed by atoms with Crippen molar-refractivity contribution in [2.75, 3.05) is 11.9 Å². The fraction of sp³-hybridized carbons (Fsp3) is 0.545. The molecule has 1 atom stereocenters. The van der Waals surface area contributed by atoms with Crippen LogP contribution >= 0.6 is 11.8 Å². The van der Waals surface area contributed by atoms with Gasteiger partial charge >= 0.3 is 5.97 Å². The van der Waals surface area contributed by atoms with E-state index in [1.54, 1.807) is 23.4 Å². The smallest absolute Gasteiger partial charge is 0.354 e. The van der Waals surface area contributed by atoms with Crippen LogP contribution in [0.3, 0.4) is 0 Å². The second-order valence-electron chi connectivity index (χ2n) is 4.41. The highest BCUT2D eigenvalue weighted by molar-refractivity contribution is 8.00. The lowest BCUT2D eigenvalue weighted by Gasteiger charge is -2.26. The maximum atomic E-state index is 11.1. The van der Waals surface area contributed by atoms with Crippen molar-refractivity contribution in [1.82, 2.24) is 4.57 Å². The molecule has 2 rings (SSSR count). The van der Waals surface area contributed by atoms with E-state index in [4.69, 9.17) is 5.11 Å². The van der Waals surface area contributed by atoms with Crippen molar-refractivity contribution in [1.29, 1.82) is 0 Å². The van der Waals surface area contributed by atoms with Gasteiger partial charge in [-0.15, -0.1) is 11.8 Å². The van der Waals surface area contributed by atoms with E-state index in [9.17, 15) is 4.79 Å². The van der Waals surface area contributed by atoms with Gasteiger partial charge in [-0.05, 0) is 5.92 Å². The normalized spacial score (nSPS) is 19.4. The van der Waals surface area contributed by atoms with Gasteiger partial charge < -0.3 is 15.0 Å². The molecule has 88 valence electrons. The third-order valence-electron chi connectivity index (χ3n) is 2.85. The van der Waals surface area contributed by atoms with Crippen molar-refractivity contribution < 1.29 is 9.90 Å². The summed E-state index contributed by atoms with van der Waals surface area (Å²) in [6.07, 6.45) is 1.89. The fourth-order valence-corrected chi connectivity index (χ4v) is 3.17. The van der Waals surface area contributed by atoms with Crippen molar-refractivity contribution in [2.24, 2.45) is 13.0 Å². The van der Waals surface area contributed by atoms with E-state index in [-0.39, 0.29) is 0 Å².